The Kier molecular flexibility index (Phi) is 4.06. The molecule has 3 nitrogen and oxygen atoms in total. The molecule has 1 aliphatic rings. The molecular weight excluding hydrogens is 351 g/mol. The van der Waals surface area contributed by atoms with Crippen molar-refractivity contribution in [2.75, 3.05) is 18.4 Å². The van der Waals surface area contributed by atoms with Crippen molar-refractivity contribution in [3.05, 3.63) is 37.9 Å². The van der Waals surface area contributed by atoms with E-state index in [1.54, 1.807) is 0 Å². The van der Waals surface area contributed by atoms with Crippen LogP contribution in [0.25, 0.3) is 0 Å². The summed E-state index contributed by atoms with van der Waals surface area (Å²) in [7, 11) is 0. The molecule has 0 aliphatic carbocycles. The van der Waals surface area contributed by atoms with Gasteiger partial charge < -0.3 is 10.6 Å². The topological polar surface area (TPSA) is 41.1 Å². The maximum absolute atomic E-state index is 11.9. The number of benzene rings is 1. The van der Waals surface area contributed by atoms with Crippen molar-refractivity contribution in [2.24, 2.45) is 0 Å². The van der Waals surface area contributed by atoms with Gasteiger partial charge in [-0.2, -0.15) is 0 Å². The molecule has 0 bridgehead atoms. The maximum atomic E-state index is 11.9. The molecule has 1 heterocycles. The molecule has 0 radical (unpaired) electrons. The first-order valence-corrected chi connectivity index (χ1v) is 6.69. The van der Waals surface area contributed by atoms with Crippen LogP contribution in [0, 0.1) is 3.57 Å². The molecule has 1 fully saturated rings. The monoisotopic (exact) mass is 362 g/mol. The number of carbonyl (C=O) groups is 1. The van der Waals surface area contributed by atoms with Gasteiger partial charge in [-0.3, -0.25) is 4.79 Å². The van der Waals surface area contributed by atoms with E-state index in [-0.39, 0.29) is 5.91 Å². The third kappa shape index (κ3) is 3.00. The molecule has 1 aromatic carbocycles. The van der Waals surface area contributed by atoms with Gasteiger partial charge in [0.15, 0.2) is 0 Å². The third-order valence-electron chi connectivity index (χ3n) is 2.73. The zero-order valence-corrected chi connectivity index (χ0v) is 12.2. The first kappa shape index (κ1) is 12.9. The first-order chi connectivity index (χ1) is 8.08. The van der Waals surface area contributed by atoms with Crippen LogP contribution in [0.1, 0.15) is 6.92 Å². The number of anilines is 1. The van der Waals surface area contributed by atoms with Crippen molar-refractivity contribution in [1.29, 1.82) is 0 Å². The summed E-state index contributed by atoms with van der Waals surface area (Å²) in [5, 5.41) is 6.51. The fourth-order valence-electron chi connectivity index (χ4n) is 1.48. The van der Waals surface area contributed by atoms with E-state index in [1.807, 2.05) is 25.1 Å². The number of hydrogen-bond donors (Lipinski definition) is 2. The Balaban J connectivity index is 2.13. The minimum atomic E-state index is -0.0791. The van der Waals surface area contributed by atoms with Crippen LogP contribution in [0.15, 0.2) is 29.3 Å². The van der Waals surface area contributed by atoms with Gasteiger partial charge in [-0.15, -0.1) is 0 Å². The molecule has 0 aromatic heterocycles. The van der Waals surface area contributed by atoms with Crippen LogP contribution in [-0.4, -0.2) is 19.0 Å². The summed E-state index contributed by atoms with van der Waals surface area (Å²) in [4.78, 5) is 11.9. The third-order valence-corrected chi connectivity index (χ3v) is 3.71. The summed E-state index contributed by atoms with van der Waals surface area (Å²) in [6, 6.07) is 5.56. The second kappa shape index (κ2) is 5.37. The number of rotatable bonds is 2. The van der Waals surface area contributed by atoms with Gasteiger partial charge in [-0.25, -0.2) is 0 Å². The fraction of sp³-hybridized carbons (Fsp3) is 0.250. The number of nitrogens with one attached hydrogen (secondary N) is 2. The lowest BCUT2D eigenvalue weighted by Crippen LogP contribution is -2.36. The largest absolute Gasteiger partial charge is 0.321 e. The van der Waals surface area contributed by atoms with Crippen LogP contribution in [0.4, 0.5) is 5.69 Å². The summed E-state index contributed by atoms with van der Waals surface area (Å²) in [6.45, 7) is 3.45. The zero-order valence-electron chi connectivity index (χ0n) is 9.31. The SMILES string of the molecule is CC(C(=O)Nc1ccc(I)cc1Cl)=C1CNC1. The molecule has 0 spiro atoms. The Morgan fingerprint density at radius 1 is 1.47 bits per heavy atom. The highest BCUT2D eigenvalue weighted by atomic mass is 127. The minimum absolute atomic E-state index is 0.0791. The highest BCUT2D eigenvalue weighted by Gasteiger charge is 2.16. The first-order valence-electron chi connectivity index (χ1n) is 5.23. The molecule has 1 aliphatic heterocycles. The summed E-state index contributed by atoms with van der Waals surface area (Å²) in [6.07, 6.45) is 0. The molecule has 5 heteroatoms. The molecule has 1 aromatic rings. The normalized spacial score (nSPS) is 14.2. The standard InChI is InChI=1S/C12H12ClIN2O/c1-7(8-5-15-6-8)12(17)16-11-3-2-9(14)4-10(11)13/h2-4,15H,5-6H2,1H3,(H,16,17). The van der Waals surface area contributed by atoms with E-state index in [9.17, 15) is 4.79 Å². The summed E-state index contributed by atoms with van der Waals surface area (Å²) in [5.74, 6) is -0.0791. The van der Waals surface area contributed by atoms with Gasteiger partial charge in [-0.05, 0) is 53.3 Å². The van der Waals surface area contributed by atoms with E-state index < -0.39 is 0 Å². The lowest BCUT2D eigenvalue weighted by atomic mass is 10.0. The molecule has 0 unspecified atom stereocenters. The van der Waals surface area contributed by atoms with Gasteiger partial charge in [0.05, 0.1) is 10.7 Å². The van der Waals surface area contributed by atoms with E-state index in [1.165, 1.54) is 0 Å². The van der Waals surface area contributed by atoms with Crippen LogP contribution in [-0.2, 0) is 4.79 Å². The summed E-state index contributed by atoms with van der Waals surface area (Å²) >= 11 is 8.24. The zero-order chi connectivity index (χ0) is 12.4. The smallest absolute Gasteiger partial charge is 0.251 e. The molecule has 90 valence electrons. The van der Waals surface area contributed by atoms with Crippen LogP contribution in [0.2, 0.25) is 5.02 Å². The highest BCUT2D eigenvalue weighted by molar-refractivity contribution is 14.1. The van der Waals surface area contributed by atoms with Crippen LogP contribution in [0.5, 0.6) is 0 Å². The highest BCUT2D eigenvalue weighted by Crippen LogP contribution is 2.24. The van der Waals surface area contributed by atoms with Gasteiger partial charge in [0.2, 0.25) is 0 Å². The molecule has 0 atom stereocenters. The van der Waals surface area contributed by atoms with Gasteiger partial charge in [0, 0.05) is 22.2 Å². The Labute approximate surface area is 119 Å². The average molecular weight is 363 g/mol. The van der Waals surface area contributed by atoms with Crippen LogP contribution in [0.3, 0.4) is 0 Å². The molecule has 17 heavy (non-hydrogen) atoms. The van der Waals surface area contributed by atoms with Crippen molar-refractivity contribution in [3.63, 3.8) is 0 Å². The summed E-state index contributed by atoms with van der Waals surface area (Å²) in [5.41, 5.74) is 2.59. The number of halogens is 2. The van der Waals surface area contributed by atoms with Gasteiger partial charge in [0.25, 0.3) is 5.91 Å². The van der Waals surface area contributed by atoms with Crippen LogP contribution < -0.4 is 10.6 Å². The average Bonchev–Trinajstić information content (AvgIpc) is 2.19. The fourth-order valence-corrected chi connectivity index (χ4v) is 2.39. The van der Waals surface area contributed by atoms with Crippen molar-refractivity contribution in [1.82, 2.24) is 5.32 Å². The molecule has 2 N–H and O–H groups in total. The number of carbonyl (C=O) groups excluding carboxylic acids is 1. The molecule has 1 amide bonds. The van der Waals surface area contributed by atoms with Crippen molar-refractivity contribution >= 4 is 45.8 Å². The predicted octanol–water partition coefficient (Wildman–Crippen LogP) is 2.80. The number of hydrogen-bond acceptors (Lipinski definition) is 2. The van der Waals surface area contributed by atoms with Gasteiger partial charge >= 0.3 is 0 Å². The van der Waals surface area contributed by atoms with Crippen LogP contribution >= 0.6 is 34.2 Å². The van der Waals surface area contributed by atoms with E-state index in [4.69, 9.17) is 11.6 Å². The Bertz CT molecular complexity index is 493. The second-order valence-electron chi connectivity index (χ2n) is 3.91. The molecule has 1 saturated heterocycles. The van der Waals surface area contributed by atoms with Crippen molar-refractivity contribution in [2.45, 2.75) is 6.92 Å². The number of amides is 1. The van der Waals surface area contributed by atoms with E-state index in [2.05, 4.69) is 33.2 Å². The second-order valence-corrected chi connectivity index (χ2v) is 5.56. The van der Waals surface area contributed by atoms with E-state index in [0.29, 0.717) is 10.7 Å². The molecule has 2 rings (SSSR count). The quantitative estimate of drug-likeness (QED) is 0.627. The van der Waals surface area contributed by atoms with Crippen molar-refractivity contribution < 1.29 is 4.79 Å². The summed E-state index contributed by atoms with van der Waals surface area (Å²) < 4.78 is 1.05. The van der Waals surface area contributed by atoms with Gasteiger partial charge in [0.1, 0.15) is 0 Å². The lowest BCUT2D eigenvalue weighted by molar-refractivity contribution is -0.112. The van der Waals surface area contributed by atoms with E-state index >= 15 is 0 Å². The van der Waals surface area contributed by atoms with E-state index in [0.717, 1.165) is 27.8 Å². The Morgan fingerprint density at radius 3 is 2.71 bits per heavy atom. The Morgan fingerprint density at radius 2 is 2.18 bits per heavy atom. The van der Waals surface area contributed by atoms with Gasteiger partial charge in [-0.1, -0.05) is 11.6 Å². The molecular formula is C12H12ClIN2O. The minimum Gasteiger partial charge on any atom is -0.321 e. The maximum Gasteiger partial charge on any atom is 0.251 e. The molecule has 0 saturated carbocycles. The van der Waals surface area contributed by atoms with Crippen molar-refractivity contribution in [3.8, 4) is 0 Å². The predicted molar refractivity (Wildman–Crippen MR) is 78.4 cm³/mol. The lowest BCUT2D eigenvalue weighted by Gasteiger charge is -2.21. The Hall–Kier alpha value is -0.590.